The summed E-state index contributed by atoms with van der Waals surface area (Å²) < 4.78 is 22.8. The lowest BCUT2D eigenvalue weighted by Gasteiger charge is -2.16. The molecule has 0 aliphatic heterocycles. The first-order valence-electron chi connectivity index (χ1n) is 8.73. The summed E-state index contributed by atoms with van der Waals surface area (Å²) in [5.74, 6) is -1.21. The standard InChI is InChI=1S/C20H20BrFN4O3/c1-4-28-7-8-29-25-20(27)14-10-16-19(23-11-26(16)3)17(22)18(14)24-15-6-5-13(21)9-12(15)2/h4-6,9-11,24H,1,7-8H2,2-3H3,(H,25,27). The van der Waals surface area contributed by atoms with Crippen molar-refractivity contribution in [3.8, 4) is 0 Å². The van der Waals surface area contributed by atoms with E-state index in [1.54, 1.807) is 23.7 Å². The molecule has 7 nitrogen and oxygen atoms in total. The first kappa shape index (κ1) is 20.8. The number of hydroxylamine groups is 1. The fourth-order valence-electron chi connectivity index (χ4n) is 2.77. The Morgan fingerprint density at radius 2 is 2.17 bits per heavy atom. The highest BCUT2D eigenvalue weighted by Crippen LogP contribution is 2.32. The maximum Gasteiger partial charge on any atom is 0.277 e. The number of fused-ring (bicyclic) bond motifs is 1. The molecule has 0 radical (unpaired) electrons. The number of anilines is 2. The van der Waals surface area contributed by atoms with Gasteiger partial charge in [-0.3, -0.25) is 9.63 Å². The van der Waals surface area contributed by atoms with Crippen molar-refractivity contribution in [2.75, 3.05) is 18.5 Å². The lowest BCUT2D eigenvalue weighted by Crippen LogP contribution is -2.26. The van der Waals surface area contributed by atoms with E-state index in [2.05, 4.69) is 38.3 Å². The Morgan fingerprint density at radius 1 is 1.38 bits per heavy atom. The molecule has 0 aliphatic carbocycles. The fraction of sp³-hybridized carbons (Fsp3) is 0.200. The van der Waals surface area contributed by atoms with Crippen molar-refractivity contribution < 1.29 is 18.8 Å². The van der Waals surface area contributed by atoms with Crippen LogP contribution >= 0.6 is 15.9 Å². The van der Waals surface area contributed by atoms with E-state index in [1.807, 2.05) is 19.1 Å². The van der Waals surface area contributed by atoms with Crippen LogP contribution in [0.25, 0.3) is 11.0 Å². The zero-order chi connectivity index (χ0) is 21.0. The van der Waals surface area contributed by atoms with Crippen LogP contribution in [0, 0.1) is 12.7 Å². The van der Waals surface area contributed by atoms with Gasteiger partial charge in [0, 0.05) is 17.2 Å². The normalized spacial score (nSPS) is 10.8. The Bertz CT molecular complexity index is 1070. The number of ether oxygens (including phenoxy) is 1. The molecule has 3 rings (SSSR count). The molecule has 152 valence electrons. The molecule has 1 heterocycles. The van der Waals surface area contributed by atoms with Gasteiger partial charge in [-0.05, 0) is 36.8 Å². The van der Waals surface area contributed by atoms with Crippen LogP contribution in [0.4, 0.5) is 15.8 Å². The summed E-state index contributed by atoms with van der Waals surface area (Å²) in [5, 5.41) is 3.03. The largest absolute Gasteiger partial charge is 0.499 e. The molecule has 0 saturated carbocycles. The number of hydrogen-bond donors (Lipinski definition) is 2. The summed E-state index contributed by atoms with van der Waals surface area (Å²) in [6.45, 7) is 5.64. The number of carbonyl (C=O) groups excluding carboxylic acids is 1. The molecule has 9 heteroatoms. The van der Waals surface area contributed by atoms with Crippen molar-refractivity contribution in [3.63, 3.8) is 0 Å². The Hall–Kier alpha value is -2.91. The molecule has 0 bridgehead atoms. The van der Waals surface area contributed by atoms with Gasteiger partial charge in [-0.15, -0.1) is 0 Å². The van der Waals surface area contributed by atoms with Crippen molar-refractivity contribution in [3.05, 3.63) is 64.9 Å². The highest BCUT2D eigenvalue weighted by atomic mass is 79.9. The molecule has 1 amide bonds. The number of nitrogens with zero attached hydrogens (tertiary/aromatic N) is 2. The lowest BCUT2D eigenvalue weighted by molar-refractivity contribution is 0.0145. The van der Waals surface area contributed by atoms with Crippen molar-refractivity contribution in [1.29, 1.82) is 0 Å². The maximum absolute atomic E-state index is 15.3. The number of aromatic nitrogens is 2. The Labute approximate surface area is 175 Å². The number of halogens is 2. The molecule has 3 aromatic rings. The minimum atomic E-state index is -0.620. The second kappa shape index (κ2) is 9.06. The Morgan fingerprint density at radius 3 is 2.90 bits per heavy atom. The van der Waals surface area contributed by atoms with Crippen molar-refractivity contribution in [2.45, 2.75) is 6.92 Å². The van der Waals surface area contributed by atoms with E-state index in [9.17, 15) is 4.79 Å². The second-order valence-corrected chi connectivity index (χ2v) is 7.15. The number of amides is 1. The third kappa shape index (κ3) is 4.57. The van der Waals surface area contributed by atoms with Crippen LogP contribution in [0.5, 0.6) is 0 Å². The van der Waals surface area contributed by atoms with Gasteiger partial charge < -0.3 is 14.6 Å². The van der Waals surface area contributed by atoms with Crippen molar-refractivity contribution >= 4 is 44.2 Å². The molecule has 0 atom stereocenters. The number of nitrogens with one attached hydrogen (secondary N) is 2. The minimum absolute atomic E-state index is 0.0186. The first-order chi connectivity index (χ1) is 13.9. The number of carbonyl (C=O) groups is 1. The quantitative estimate of drug-likeness (QED) is 0.295. The van der Waals surface area contributed by atoms with Crippen LogP contribution in [0.3, 0.4) is 0 Å². The Kier molecular flexibility index (Phi) is 6.50. The average Bonchev–Trinajstić information content (AvgIpc) is 3.06. The van der Waals surface area contributed by atoms with Crippen molar-refractivity contribution in [2.24, 2.45) is 7.05 Å². The summed E-state index contributed by atoms with van der Waals surface area (Å²) >= 11 is 3.40. The molecular weight excluding hydrogens is 443 g/mol. The lowest BCUT2D eigenvalue weighted by atomic mass is 10.1. The van der Waals surface area contributed by atoms with Crippen LogP contribution in [-0.4, -0.2) is 28.7 Å². The maximum atomic E-state index is 15.3. The van der Waals surface area contributed by atoms with Gasteiger partial charge in [0.25, 0.3) is 5.91 Å². The third-order valence-electron chi connectivity index (χ3n) is 4.24. The zero-order valence-corrected chi connectivity index (χ0v) is 17.5. The van der Waals surface area contributed by atoms with Crippen LogP contribution in [0.2, 0.25) is 0 Å². The molecule has 1 aromatic heterocycles. The summed E-state index contributed by atoms with van der Waals surface area (Å²) in [7, 11) is 1.73. The van der Waals surface area contributed by atoms with E-state index in [0.29, 0.717) is 11.2 Å². The van der Waals surface area contributed by atoms with E-state index in [-0.39, 0.29) is 30.0 Å². The molecule has 2 aromatic carbocycles. The molecule has 0 fully saturated rings. The molecule has 0 saturated heterocycles. The SMILES string of the molecule is C=COCCONC(=O)c1cc2c(ncn2C)c(F)c1Nc1ccc(Br)cc1C. The van der Waals surface area contributed by atoms with Gasteiger partial charge in [0.1, 0.15) is 18.7 Å². The van der Waals surface area contributed by atoms with Crippen LogP contribution in [0.1, 0.15) is 15.9 Å². The van der Waals surface area contributed by atoms with Gasteiger partial charge in [-0.25, -0.2) is 14.9 Å². The minimum Gasteiger partial charge on any atom is -0.499 e. The van der Waals surface area contributed by atoms with E-state index < -0.39 is 11.7 Å². The highest BCUT2D eigenvalue weighted by Gasteiger charge is 2.22. The molecule has 0 spiro atoms. The summed E-state index contributed by atoms with van der Waals surface area (Å²) in [4.78, 5) is 21.9. The topological polar surface area (TPSA) is 77.4 Å². The van der Waals surface area contributed by atoms with Gasteiger partial charge in [0.05, 0.1) is 29.4 Å². The number of aryl methyl sites for hydroxylation is 2. The second-order valence-electron chi connectivity index (χ2n) is 6.24. The fourth-order valence-corrected chi connectivity index (χ4v) is 3.25. The van der Waals surface area contributed by atoms with Crippen LogP contribution in [-0.2, 0) is 16.6 Å². The molecule has 2 N–H and O–H groups in total. The Balaban J connectivity index is 1.97. The molecule has 0 unspecified atom stereocenters. The van der Waals surface area contributed by atoms with Gasteiger partial charge in [0.15, 0.2) is 5.82 Å². The van der Waals surface area contributed by atoms with Crippen LogP contribution in [0.15, 0.2) is 47.9 Å². The van der Waals surface area contributed by atoms with E-state index in [1.165, 1.54) is 12.6 Å². The third-order valence-corrected chi connectivity index (χ3v) is 4.73. The predicted octanol–water partition coefficient (Wildman–Crippen LogP) is 4.35. The summed E-state index contributed by atoms with van der Waals surface area (Å²) in [5.41, 5.74) is 4.62. The molecule has 29 heavy (non-hydrogen) atoms. The number of benzene rings is 2. The number of imidazole rings is 1. The van der Waals surface area contributed by atoms with Crippen LogP contribution < -0.4 is 10.8 Å². The zero-order valence-electron chi connectivity index (χ0n) is 16.0. The van der Waals surface area contributed by atoms with Gasteiger partial charge in [0.2, 0.25) is 0 Å². The van der Waals surface area contributed by atoms with Gasteiger partial charge >= 0.3 is 0 Å². The smallest absolute Gasteiger partial charge is 0.277 e. The van der Waals surface area contributed by atoms with Gasteiger partial charge in [-0.2, -0.15) is 0 Å². The van der Waals surface area contributed by atoms with Crippen molar-refractivity contribution in [1.82, 2.24) is 15.0 Å². The summed E-state index contributed by atoms with van der Waals surface area (Å²) in [6, 6.07) is 7.09. The van der Waals surface area contributed by atoms with E-state index >= 15 is 4.39 Å². The average molecular weight is 463 g/mol. The van der Waals surface area contributed by atoms with Gasteiger partial charge in [-0.1, -0.05) is 22.5 Å². The van der Waals surface area contributed by atoms with E-state index in [4.69, 9.17) is 9.57 Å². The molecule has 0 aliphatic rings. The monoisotopic (exact) mass is 462 g/mol. The molecular formula is C20H20BrFN4O3. The number of rotatable bonds is 8. The number of hydrogen-bond acceptors (Lipinski definition) is 5. The summed E-state index contributed by atoms with van der Waals surface area (Å²) in [6.07, 6.45) is 2.77. The van der Waals surface area contributed by atoms with E-state index in [0.717, 1.165) is 10.0 Å². The predicted molar refractivity (Wildman–Crippen MR) is 112 cm³/mol. The first-order valence-corrected chi connectivity index (χ1v) is 9.53. The highest BCUT2D eigenvalue weighted by molar-refractivity contribution is 9.10.